The van der Waals surface area contributed by atoms with Crippen molar-refractivity contribution in [3.8, 4) is 0 Å². The van der Waals surface area contributed by atoms with E-state index in [1.165, 1.54) is 12.8 Å². The molecule has 0 aliphatic heterocycles. The Hall–Kier alpha value is -1.06. The molecule has 0 aromatic rings. The fraction of sp³-hybridized carbons (Fsp3) is 0.818. The molecule has 1 amide bonds. The van der Waals surface area contributed by atoms with Crippen molar-refractivity contribution in [3.63, 3.8) is 0 Å². The van der Waals surface area contributed by atoms with E-state index in [1.807, 2.05) is 6.92 Å². The van der Waals surface area contributed by atoms with Gasteiger partial charge in [0.25, 0.3) is 0 Å². The van der Waals surface area contributed by atoms with E-state index < -0.39 is 11.9 Å². The maximum absolute atomic E-state index is 11.6. The highest BCUT2D eigenvalue weighted by Crippen LogP contribution is 2.29. The van der Waals surface area contributed by atoms with Gasteiger partial charge < -0.3 is 9.64 Å². The topological polar surface area (TPSA) is 46.6 Å². The lowest BCUT2D eigenvalue weighted by Gasteiger charge is -2.20. The second-order valence-corrected chi connectivity index (χ2v) is 3.92. The molecule has 4 nitrogen and oxygen atoms in total. The Morgan fingerprint density at radius 3 is 2.47 bits per heavy atom. The standard InChI is InChI=1S/C11H19NO3/c1-3-7-12(8-9-5-6-9)10(13)11(14)15-4-2/h9H,3-8H2,1-2H3. The number of nitrogens with zero attached hydrogens (tertiary/aromatic N) is 1. The zero-order chi connectivity index (χ0) is 11.3. The third-order valence-electron chi connectivity index (χ3n) is 2.41. The quantitative estimate of drug-likeness (QED) is 0.509. The Kier molecular flexibility index (Phi) is 4.59. The number of carbonyl (C=O) groups is 2. The summed E-state index contributed by atoms with van der Waals surface area (Å²) in [5.41, 5.74) is 0. The molecule has 1 aliphatic carbocycles. The molecule has 4 heteroatoms. The molecule has 0 aromatic carbocycles. The fourth-order valence-electron chi connectivity index (χ4n) is 1.48. The van der Waals surface area contributed by atoms with Crippen LogP contribution >= 0.6 is 0 Å². The first-order chi connectivity index (χ1) is 7.19. The molecule has 1 fully saturated rings. The van der Waals surface area contributed by atoms with Crippen molar-refractivity contribution in [2.75, 3.05) is 19.7 Å². The van der Waals surface area contributed by atoms with Gasteiger partial charge in [0, 0.05) is 13.1 Å². The molecular weight excluding hydrogens is 194 g/mol. The molecule has 1 aliphatic rings. The molecule has 0 saturated heterocycles. The van der Waals surface area contributed by atoms with E-state index in [-0.39, 0.29) is 6.61 Å². The number of esters is 1. The first kappa shape index (κ1) is 12.0. The Balaban J connectivity index is 2.44. The highest BCUT2D eigenvalue weighted by molar-refractivity contribution is 6.32. The van der Waals surface area contributed by atoms with Gasteiger partial charge in [-0.3, -0.25) is 4.79 Å². The normalized spacial score (nSPS) is 14.8. The average Bonchev–Trinajstić information content (AvgIpc) is 3.00. The summed E-state index contributed by atoms with van der Waals surface area (Å²) < 4.78 is 4.70. The van der Waals surface area contributed by atoms with E-state index in [1.54, 1.807) is 11.8 Å². The van der Waals surface area contributed by atoms with Crippen LogP contribution in [0.15, 0.2) is 0 Å². The van der Waals surface area contributed by atoms with E-state index in [4.69, 9.17) is 4.74 Å². The number of ether oxygens (including phenoxy) is 1. The molecule has 0 radical (unpaired) electrons. The van der Waals surface area contributed by atoms with Gasteiger partial charge in [0.05, 0.1) is 6.61 Å². The summed E-state index contributed by atoms with van der Waals surface area (Å²) in [7, 11) is 0. The maximum atomic E-state index is 11.6. The summed E-state index contributed by atoms with van der Waals surface area (Å²) in [6, 6.07) is 0. The molecular formula is C11H19NO3. The zero-order valence-corrected chi connectivity index (χ0v) is 9.49. The SMILES string of the molecule is CCCN(CC1CC1)C(=O)C(=O)OCC. The van der Waals surface area contributed by atoms with E-state index in [0.717, 1.165) is 6.42 Å². The molecule has 86 valence electrons. The molecule has 0 atom stereocenters. The van der Waals surface area contributed by atoms with Gasteiger partial charge in [-0.2, -0.15) is 0 Å². The van der Waals surface area contributed by atoms with Crippen LogP contribution in [0.2, 0.25) is 0 Å². The summed E-state index contributed by atoms with van der Waals surface area (Å²) in [6.45, 7) is 5.32. The van der Waals surface area contributed by atoms with Crippen LogP contribution in [-0.4, -0.2) is 36.5 Å². The third-order valence-corrected chi connectivity index (χ3v) is 2.41. The third kappa shape index (κ3) is 3.90. The van der Waals surface area contributed by atoms with Crippen molar-refractivity contribution in [3.05, 3.63) is 0 Å². The molecule has 1 rings (SSSR count). The molecule has 0 spiro atoms. The van der Waals surface area contributed by atoms with Gasteiger partial charge in [0.1, 0.15) is 0 Å². The van der Waals surface area contributed by atoms with Crippen molar-refractivity contribution in [1.82, 2.24) is 4.90 Å². The summed E-state index contributed by atoms with van der Waals surface area (Å²) in [6.07, 6.45) is 3.23. The first-order valence-electron chi connectivity index (χ1n) is 5.65. The summed E-state index contributed by atoms with van der Waals surface area (Å²) in [5.74, 6) is -0.591. The van der Waals surface area contributed by atoms with Crippen LogP contribution in [0.3, 0.4) is 0 Å². The Morgan fingerprint density at radius 1 is 1.33 bits per heavy atom. The van der Waals surface area contributed by atoms with Gasteiger partial charge in [-0.15, -0.1) is 0 Å². The van der Waals surface area contributed by atoms with Gasteiger partial charge in [0.2, 0.25) is 0 Å². The highest BCUT2D eigenvalue weighted by atomic mass is 16.5. The number of hydrogen-bond donors (Lipinski definition) is 0. The number of amides is 1. The Labute approximate surface area is 90.6 Å². The zero-order valence-electron chi connectivity index (χ0n) is 9.49. The van der Waals surface area contributed by atoms with Crippen LogP contribution in [0.5, 0.6) is 0 Å². The first-order valence-corrected chi connectivity index (χ1v) is 5.65. The average molecular weight is 213 g/mol. The molecule has 15 heavy (non-hydrogen) atoms. The van der Waals surface area contributed by atoms with Crippen LogP contribution in [0.4, 0.5) is 0 Å². The second kappa shape index (κ2) is 5.73. The minimum Gasteiger partial charge on any atom is -0.459 e. The summed E-state index contributed by atoms with van der Waals surface area (Å²) in [4.78, 5) is 24.5. The molecule has 1 saturated carbocycles. The second-order valence-electron chi connectivity index (χ2n) is 3.92. The molecule has 0 heterocycles. The van der Waals surface area contributed by atoms with Crippen molar-refractivity contribution in [2.45, 2.75) is 33.1 Å². The van der Waals surface area contributed by atoms with Gasteiger partial charge in [-0.1, -0.05) is 6.92 Å². The minimum atomic E-state index is -0.716. The van der Waals surface area contributed by atoms with Crippen LogP contribution < -0.4 is 0 Å². The summed E-state index contributed by atoms with van der Waals surface area (Å²) in [5, 5.41) is 0. The Bertz CT molecular complexity index is 236. The largest absolute Gasteiger partial charge is 0.459 e. The predicted octanol–water partition coefficient (Wildman–Crippen LogP) is 1.20. The number of rotatable bonds is 5. The van der Waals surface area contributed by atoms with Crippen molar-refractivity contribution in [1.29, 1.82) is 0 Å². The van der Waals surface area contributed by atoms with Crippen LogP contribution in [0.1, 0.15) is 33.1 Å². The van der Waals surface area contributed by atoms with Crippen molar-refractivity contribution >= 4 is 11.9 Å². The smallest absolute Gasteiger partial charge is 0.397 e. The van der Waals surface area contributed by atoms with Gasteiger partial charge in [-0.25, -0.2) is 4.79 Å². The lowest BCUT2D eigenvalue weighted by Crippen LogP contribution is -2.39. The van der Waals surface area contributed by atoms with E-state index in [2.05, 4.69) is 0 Å². The monoisotopic (exact) mass is 213 g/mol. The van der Waals surface area contributed by atoms with Gasteiger partial charge in [-0.05, 0) is 32.1 Å². The van der Waals surface area contributed by atoms with E-state index in [9.17, 15) is 9.59 Å². The number of carbonyl (C=O) groups excluding carboxylic acids is 2. The van der Waals surface area contributed by atoms with Crippen LogP contribution in [-0.2, 0) is 14.3 Å². The van der Waals surface area contributed by atoms with Crippen molar-refractivity contribution < 1.29 is 14.3 Å². The number of hydrogen-bond acceptors (Lipinski definition) is 3. The van der Waals surface area contributed by atoms with Gasteiger partial charge >= 0.3 is 11.9 Å². The maximum Gasteiger partial charge on any atom is 0.397 e. The molecule has 0 unspecified atom stereocenters. The molecule has 0 N–H and O–H groups in total. The molecule has 0 bridgehead atoms. The van der Waals surface area contributed by atoms with Gasteiger partial charge in [0.15, 0.2) is 0 Å². The highest BCUT2D eigenvalue weighted by Gasteiger charge is 2.29. The minimum absolute atomic E-state index is 0.258. The lowest BCUT2D eigenvalue weighted by atomic mass is 10.3. The van der Waals surface area contributed by atoms with E-state index >= 15 is 0 Å². The van der Waals surface area contributed by atoms with E-state index in [0.29, 0.717) is 19.0 Å². The molecule has 0 aromatic heterocycles. The van der Waals surface area contributed by atoms with Crippen LogP contribution in [0, 0.1) is 5.92 Å². The summed E-state index contributed by atoms with van der Waals surface area (Å²) >= 11 is 0. The fourth-order valence-corrected chi connectivity index (χ4v) is 1.48. The Morgan fingerprint density at radius 2 is 2.00 bits per heavy atom. The van der Waals surface area contributed by atoms with Crippen molar-refractivity contribution in [2.24, 2.45) is 5.92 Å². The van der Waals surface area contributed by atoms with Crippen LogP contribution in [0.25, 0.3) is 0 Å². The lowest BCUT2D eigenvalue weighted by molar-refractivity contribution is -0.160. The predicted molar refractivity (Wildman–Crippen MR) is 56.2 cm³/mol.